The largest absolute Gasteiger partial charge is 0.507 e. The molecule has 1 aliphatic rings. The standard InChI is InChI=1S/C25H22ClN3O2/c1-31-18-7-4-6-16(14-18)22-9-5-13-29(22)25-19-12-11-17(26)15-21(19)27-24(28-25)20-8-2-3-10-23(20)30/h2-4,6-8,10-12,14-15,22,30H,5,9,13H2,1H3. The Hall–Kier alpha value is -3.31. The third-order valence-electron chi connectivity index (χ3n) is 5.79. The first kappa shape index (κ1) is 19.6. The number of nitrogens with zero attached hydrogens (tertiary/aromatic N) is 3. The zero-order valence-corrected chi connectivity index (χ0v) is 17.9. The van der Waals surface area contributed by atoms with E-state index >= 15 is 0 Å². The molecular formula is C25H22ClN3O2. The van der Waals surface area contributed by atoms with Gasteiger partial charge in [0.15, 0.2) is 5.82 Å². The third-order valence-corrected chi connectivity index (χ3v) is 6.02. The van der Waals surface area contributed by atoms with Crippen LogP contribution in [0.1, 0.15) is 24.4 Å². The average Bonchev–Trinajstić information content (AvgIpc) is 3.28. The Morgan fingerprint density at radius 3 is 2.74 bits per heavy atom. The minimum atomic E-state index is 0.153. The van der Waals surface area contributed by atoms with E-state index in [4.69, 9.17) is 26.3 Å². The highest BCUT2D eigenvalue weighted by molar-refractivity contribution is 6.31. The Labute approximate surface area is 185 Å². The molecule has 2 heterocycles. The Kier molecular flexibility index (Phi) is 5.12. The molecule has 6 heteroatoms. The van der Waals surface area contributed by atoms with Crippen molar-refractivity contribution in [1.82, 2.24) is 9.97 Å². The summed E-state index contributed by atoms with van der Waals surface area (Å²) in [6.07, 6.45) is 2.09. The van der Waals surface area contributed by atoms with Crippen LogP contribution in [0.3, 0.4) is 0 Å². The second-order valence-corrected chi connectivity index (χ2v) is 8.11. The van der Waals surface area contributed by atoms with Crippen molar-refractivity contribution in [2.45, 2.75) is 18.9 Å². The zero-order valence-electron chi connectivity index (χ0n) is 17.1. The molecule has 31 heavy (non-hydrogen) atoms. The summed E-state index contributed by atoms with van der Waals surface area (Å²) < 4.78 is 5.44. The van der Waals surface area contributed by atoms with Gasteiger partial charge in [-0.05, 0) is 60.9 Å². The van der Waals surface area contributed by atoms with Crippen LogP contribution in [0.15, 0.2) is 66.7 Å². The van der Waals surface area contributed by atoms with Gasteiger partial charge < -0.3 is 14.7 Å². The number of aromatic hydroxyl groups is 1. The summed E-state index contributed by atoms with van der Waals surface area (Å²) in [4.78, 5) is 12.0. The number of hydrogen-bond acceptors (Lipinski definition) is 5. The van der Waals surface area contributed by atoms with Gasteiger partial charge in [-0.2, -0.15) is 0 Å². The van der Waals surface area contributed by atoms with Crippen molar-refractivity contribution in [3.8, 4) is 22.9 Å². The SMILES string of the molecule is COc1cccc(C2CCCN2c2nc(-c3ccccc3O)nc3cc(Cl)ccc23)c1. The monoisotopic (exact) mass is 431 g/mol. The number of halogens is 1. The zero-order chi connectivity index (χ0) is 21.4. The van der Waals surface area contributed by atoms with Crippen molar-refractivity contribution >= 4 is 28.3 Å². The van der Waals surface area contributed by atoms with Crippen LogP contribution in [-0.2, 0) is 0 Å². The fourth-order valence-electron chi connectivity index (χ4n) is 4.30. The summed E-state index contributed by atoms with van der Waals surface area (Å²) in [5.41, 5.74) is 2.55. The molecular weight excluding hydrogens is 410 g/mol. The van der Waals surface area contributed by atoms with Crippen LogP contribution in [0.25, 0.3) is 22.3 Å². The first-order chi connectivity index (χ1) is 15.1. The molecule has 1 N–H and O–H groups in total. The van der Waals surface area contributed by atoms with Crippen LogP contribution in [-0.4, -0.2) is 28.7 Å². The number of para-hydroxylation sites is 1. The van der Waals surface area contributed by atoms with E-state index in [0.717, 1.165) is 41.9 Å². The van der Waals surface area contributed by atoms with E-state index in [1.54, 1.807) is 19.2 Å². The summed E-state index contributed by atoms with van der Waals surface area (Å²) in [6, 6.07) is 21.2. The van der Waals surface area contributed by atoms with E-state index in [0.29, 0.717) is 16.4 Å². The summed E-state index contributed by atoms with van der Waals surface area (Å²) in [5.74, 6) is 2.34. The van der Waals surface area contributed by atoms with Gasteiger partial charge in [-0.25, -0.2) is 9.97 Å². The van der Waals surface area contributed by atoms with E-state index in [9.17, 15) is 5.11 Å². The maximum Gasteiger partial charge on any atom is 0.165 e. The van der Waals surface area contributed by atoms with E-state index in [2.05, 4.69) is 17.0 Å². The van der Waals surface area contributed by atoms with E-state index in [1.807, 2.05) is 42.5 Å². The van der Waals surface area contributed by atoms with Crippen LogP contribution >= 0.6 is 11.6 Å². The maximum absolute atomic E-state index is 10.4. The van der Waals surface area contributed by atoms with Gasteiger partial charge in [0.1, 0.15) is 17.3 Å². The second-order valence-electron chi connectivity index (χ2n) is 7.68. The number of rotatable bonds is 4. The minimum absolute atomic E-state index is 0.153. The van der Waals surface area contributed by atoms with Gasteiger partial charge in [-0.1, -0.05) is 35.9 Å². The van der Waals surface area contributed by atoms with Gasteiger partial charge in [0, 0.05) is 17.0 Å². The molecule has 1 aromatic heterocycles. The number of methoxy groups -OCH3 is 1. The van der Waals surface area contributed by atoms with Gasteiger partial charge in [-0.3, -0.25) is 0 Å². The normalized spacial score (nSPS) is 16.1. The molecule has 1 aliphatic heterocycles. The topological polar surface area (TPSA) is 58.5 Å². The quantitative estimate of drug-likeness (QED) is 0.429. The summed E-state index contributed by atoms with van der Waals surface area (Å²) in [5, 5.41) is 12.0. The average molecular weight is 432 g/mol. The molecule has 1 fully saturated rings. The molecule has 1 atom stereocenters. The number of fused-ring (bicyclic) bond motifs is 1. The molecule has 0 bridgehead atoms. The molecule has 0 amide bonds. The van der Waals surface area contributed by atoms with E-state index < -0.39 is 0 Å². The summed E-state index contributed by atoms with van der Waals surface area (Å²) in [6.45, 7) is 0.886. The van der Waals surface area contributed by atoms with Gasteiger partial charge >= 0.3 is 0 Å². The Morgan fingerprint density at radius 1 is 1.03 bits per heavy atom. The van der Waals surface area contributed by atoms with Crippen molar-refractivity contribution in [3.63, 3.8) is 0 Å². The molecule has 5 nitrogen and oxygen atoms in total. The van der Waals surface area contributed by atoms with Gasteiger partial charge in [0.2, 0.25) is 0 Å². The number of aromatic nitrogens is 2. The Balaban J connectivity index is 1.68. The predicted octanol–water partition coefficient (Wildman–Crippen LogP) is 6.01. The molecule has 1 unspecified atom stereocenters. The fourth-order valence-corrected chi connectivity index (χ4v) is 4.47. The van der Waals surface area contributed by atoms with Crippen LogP contribution in [0, 0.1) is 0 Å². The number of hydrogen-bond donors (Lipinski definition) is 1. The Bertz CT molecular complexity index is 1260. The van der Waals surface area contributed by atoms with Crippen molar-refractivity contribution in [1.29, 1.82) is 0 Å². The number of ether oxygens (including phenoxy) is 1. The molecule has 0 aliphatic carbocycles. The summed E-state index contributed by atoms with van der Waals surface area (Å²) >= 11 is 6.28. The molecule has 3 aromatic carbocycles. The van der Waals surface area contributed by atoms with E-state index in [1.165, 1.54) is 5.56 Å². The number of anilines is 1. The van der Waals surface area contributed by atoms with Crippen molar-refractivity contribution in [2.75, 3.05) is 18.6 Å². The molecule has 156 valence electrons. The molecule has 0 radical (unpaired) electrons. The van der Waals surface area contributed by atoms with E-state index in [-0.39, 0.29) is 11.8 Å². The number of phenolic OH excluding ortho intramolecular Hbond substituents is 1. The predicted molar refractivity (Wildman–Crippen MR) is 124 cm³/mol. The smallest absolute Gasteiger partial charge is 0.165 e. The second kappa shape index (κ2) is 8.08. The van der Waals surface area contributed by atoms with Crippen LogP contribution in [0.2, 0.25) is 5.02 Å². The van der Waals surface area contributed by atoms with Crippen molar-refractivity contribution in [3.05, 3.63) is 77.3 Å². The highest BCUT2D eigenvalue weighted by Gasteiger charge is 2.29. The fraction of sp³-hybridized carbons (Fsp3) is 0.200. The lowest BCUT2D eigenvalue weighted by molar-refractivity contribution is 0.414. The van der Waals surface area contributed by atoms with Crippen molar-refractivity contribution in [2.24, 2.45) is 0 Å². The van der Waals surface area contributed by atoms with Crippen molar-refractivity contribution < 1.29 is 9.84 Å². The lowest BCUT2D eigenvalue weighted by atomic mass is 10.0. The minimum Gasteiger partial charge on any atom is -0.507 e. The number of phenols is 1. The molecule has 5 rings (SSSR count). The first-order valence-electron chi connectivity index (χ1n) is 10.3. The van der Waals surface area contributed by atoms with Crippen LogP contribution in [0.5, 0.6) is 11.5 Å². The molecule has 1 saturated heterocycles. The molecule has 4 aromatic rings. The lowest BCUT2D eigenvalue weighted by Gasteiger charge is -2.28. The summed E-state index contributed by atoms with van der Waals surface area (Å²) in [7, 11) is 1.69. The first-order valence-corrected chi connectivity index (χ1v) is 10.7. The van der Waals surface area contributed by atoms with Gasteiger partial charge in [0.25, 0.3) is 0 Å². The Morgan fingerprint density at radius 2 is 1.90 bits per heavy atom. The molecule has 0 saturated carbocycles. The van der Waals surface area contributed by atoms with Gasteiger partial charge in [-0.15, -0.1) is 0 Å². The number of benzene rings is 3. The lowest BCUT2D eigenvalue weighted by Crippen LogP contribution is -2.24. The highest BCUT2D eigenvalue weighted by Crippen LogP contribution is 2.40. The third kappa shape index (κ3) is 3.66. The van der Waals surface area contributed by atoms with Crippen LogP contribution < -0.4 is 9.64 Å². The highest BCUT2D eigenvalue weighted by atomic mass is 35.5. The van der Waals surface area contributed by atoms with Crippen LogP contribution in [0.4, 0.5) is 5.82 Å². The maximum atomic E-state index is 10.4. The molecule has 0 spiro atoms. The van der Waals surface area contributed by atoms with Gasteiger partial charge in [0.05, 0.1) is 24.2 Å².